The molecule has 1 aromatic heterocycles. The Labute approximate surface area is 752 Å². The lowest BCUT2D eigenvalue weighted by atomic mass is 9.70. The number of para-hydroxylation sites is 1. The van der Waals surface area contributed by atoms with Crippen LogP contribution in [-0.4, -0.2) is 0 Å². The lowest BCUT2D eigenvalue weighted by Gasteiger charge is -2.33. The summed E-state index contributed by atoms with van der Waals surface area (Å²) in [7, 11) is 0. The predicted octanol–water partition coefficient (Wildman–Crippen LogP) is 33.9. The van der Waals surface area contributed by atoms with Gasteiger partial charge in [-0.05, 0) is 330 Å². The maximum absolute atomic E-state index is 6.61. The van der Waals surface area contributed by atoms with Crippen LogP contribution in [0.25, 0.3) is 187 Å². The van der Waals surface area contributed by atoms with Gasteiger partial charge in [0.2, 0.25) is 0 Å². The van der Waals surface area contributed by atoms with Crippen LogP contribution in [-0.2, 0) is 16.2 Å². The molecule has 130 heavy (non-hydrogen) atoms. The number of hydrogen-bond acceptors (Lipinski definition) is 3. The Morgan fingerprint density at radius 3 is 1.20 bits per heavy atom. The summed E-state index contributed by atoms with van der Waals surface area (Å²) in [6.07, 6.45) is 0. The third-order valence-corrected chi connectivity index (χ3v) is 30.5. The largest absolute Gasteiger partial charge is 0.456 e. The molecule has 2 atom stereocenters. The molecule has 2 unspecified atom stereocenters. The van der Waals surface area contributed by atoms with E-state index in [0.717, 1.165) is 67.2 Å². The van der Waals surface area contributed by atoms with Crippen LogP contribution in [0.3, 0.4) is 0 Å². The molecule has 1 heterocycles. The molecule has 0 amide bonds. The lowest BCUT2D eigenvalue weighted by Crippen LogP contribution is -2.26. The fraction of sp³-hybridized carbons (Fsp3) is 0.0394. The maximum Gasteiger partial charge on any atom is 0.135 e. The minimum absolute atomic E-state index is 0.401. The van der Waals surface area contributed by atoms with E-state index in [1.54, 1.807) is 0 Å². The molecular weight excluding hydrogens is 1570 g/mol. The predicted molar refractivity (Wildman–Crippen MR) is 542 cm³/mol. The summed E-state index contributed by atoms with van der Waals surface area (Å²) in [5.74, 6) is 0. The lowest BCUT2D eigenvalue weighted by molar-refractivity contribution is 0.662. The van der Waals surface area contributed by atoms with Crippen LogP contribution in [0.5, 0.6) is 0 Å². The Morgan fingerprint density at radius 2 is 0.569 bits per heavy atom. The average Bonchev–Trinajstić information content (AvgIpc) is 1.49. The van der Waals surface area contributed by atoms with E-state index in [1.807, 2.05) is 0 Å². The highest BCUT2D eigenvalue weighted by atomic mass is 16.3. The standard InChI is InChI=1S/C127H78N2O/c1-125(2)115-69-85(129(84-62-66-121-109(68-84)101-34-15-20-44-120(101)130-121)87-60-64-98-95-31-11-16-40-111(95)126(116(98)71-87)113-42-18-13-33-97(113)108-72-106-92-28-8-5-25-89(92)90-26-6-9-29-93(90)107(106)73-118(108)126)61-65-100(115)103-38-21-36-88(124(103)125)79-48-45-76(46-49-79)77-51-55-82(56-52-77)128(83-57-53-78(54-58-83)81-50-47-75-23-3-4-24-80(75)67-81)86-59-63-99-96-32-12-17-41-112(96)127(117(99)70-86)114-43-19-14-35-104(114)123-105-39-22-37-102-91-27-7-10-30-94(91)110(122(102)105)74-119(123)127/h3-74H,1-2H3. The van der Waals surface area contributed by atoms with Crippen molar-refractivity contribution < 1.29 is 4.42 Å². The molecule has 3 nitrogen and oxygen atoms in total. The van der Waals surface area contributed by atoms with Crippen LogP contribution < -0.4 is 9.80 Å². The van der Waals surface area contributed by atoms with Crippen molar-refractivity contribution in [2.24, 2.45) is 0 Å². The van der Waals surface area contributed by atoms with Crippen molar-refractivity contribution >= 4 is 110 Å². The fourth-order valence-corrected chi connectivity index (χ4v) is 25.1. The van der Waals surface area contributed by atoms with Gasteiger partial charge in [0, 0.05) is 50.3 Å². The van der Waals surface area contributed by atoms with E-state index in [0.29, 0.717) is 0 Å². The molecule has 29 rings (SSSR count). The second-order valence-corrected chi connectivity index (χ2v) is 37.1. The SMILES string of the molecule is CC1(C)c2cc(N(c3ccc4c(c3)C3(c5ccccc5-4)c4ccccc4-c4cc5c6ccccc6c6ccccc6c5cc43)c3ccc4oc5ccccc5c4c3)ccc2-c2cccc(-c3ccc(-c4ccc(N(c5ccc(-c6ccc7ccccc7c6)cc5)c5ccc6c(c5)C5(c7ccccc7-6)c6ccccc6-c6c5cc5c7c(cccc67)-c6ccccc6-5)cc4)cc3)c21. The van der Waals surface area contributed by atoms with Gasteiger partial charge in [0.1, 0.15) is 11.2 Å². The minimum Gasteiger partial charge on any atom is -0.456 e. The third-order valence-electron chi connectivity index (χ3n) is 30.5. The Morgan fingerprint density at radius 1 is 0.185 bits per heavy atom. The number of anilines is 6. The van der Waals surface area contributed by atoms with Gasteiger partial charge in [-0.25, -0.2) is 0 Å². The van der Waals surface area contributed by atoms with E-state index in [9.17, 15) is 0 Å². The van der Waals surface area contributed by atoms with Crippen molar-refractivity contribution in [3.63, 3.8) is 0 Å². The van der Waals surface area contributed by atoms with Gasteiger partial charge in [-0.15, -0.1) is 0 Å². The van der Waals surface area contributed by atoms with Crippen LogP contribution in [0.15, 0.2) is 441 Å². The molecule has 2 spiro atoms. The first kappa shape index (κ1) is 71.8. The summed E-state index contributed by atoms with van der Waals surface area (Å²) in [6.45, 7) is 4.88. The highest BCUT2D eigenvalue weighted by Gasteiger charge is 2.55. The average molecular weight is 1650 g/mol. The Hall–Kier alpha value is -16.5. The second kappa shape index (κ2) is 26.3. The zero-order valence-corrected chi connectivity index (χ0v) is 71.4. The topological polar surface area (TPSA) is 19.6 Å². The number of fused-ring (bicyclic) bond motifs is 37. The molecule has 0 saturated heterocycles. The molecular formula is C127H78N2O. The van der Waals surface area contributed by atoms with Crippen molar-refractivity contribution in [3.05, 3.63) is 492 Å². The number of benzene rings is 22. The van der Waals surface area contributed by atoms with E-state index in [2.05, 4.69) is 460 Å². The molecule has 6 aliphatic rings. The van der Waals surface area contributed by atoms with E-state index < -0.39 is 16.2 Å². The van der Waals surface area contributed by atoms with Gasteiger partial charge in [-0.1, -0.05) is 341 Å². The van der Waals surface area contributed by atoms with Gasteiger partial charge in [-0.3, -0.25) is 0 Å². The zero-order valence-electron chi connectivity index (χ0n) is 71.4. The number of rotatable bonds is 9. The van der Waals surface area contributed by atoms with Gasteiger partial charge in [0.05, 0.1) is 10.8 Å². The molecule has 0 fully saturated rings. The number of hydrogen-bond donors (Lipinski definition) is 0. The highest BCUT2D eigenvalue weighted by Crippen LogP contribution is 2.69. The molecule has 0 N–H and O–H groups in total. The molecule has 6 aliphatic carbocycles. The summed E-state index contributed by atoms with van der Waals surface area (Å²) in [6, 6.07) is 166. The minimum atomic E-state index is -0.628. The van der Waals surface area contributed by atoms with Crippen LogP contribution in [0.2, 0.25) is 0 Å². The molecule has 0 aliphatic heterocycles. The monoisotopic (exact) mass is 1650 g/mol. The molecule has 602 valence electrons. The van der Waals surface area contributed by atoms with Crippen LogP contribution >= 0.6 is 0 Å². The highest BCUT2D eigenvalue weighted by molar-refractivity contribution is 6.27. The van der Waals surface area contributed by atoms with Gasteiger partial charge < -0.3 is 14.2 Å². The van der Waals surface area contributed by atoms with E-state index in [4.69, 9.17) is 4.42 Å². The quantitative estimate of drug-likeness (QED) is 0.134. The van der Waals surface area contributed by atoms with Crippen molar-refractivity contribution in [3.8, 4) is 111 Å². The Kier molecular flexibility index (Phi) is 14.5. The van der Waals surface area contributed by atoms with Crippen molar-refractivity contribution in [2.45, 2.75) is 30.1 Å². The summed E-state index contributed by atoms with van der Waals surface area (Å²) in [4.78, 5) is 5.00. The zero-order chi connectivity index (χ0) is 85.1. The van der Waals surface area contributed by atoms with E-state index >= 15 is 0 Å². The van der Waals surface area contributed by atoms with Gasteiger partial charge in [-0.2, -0.15) is 0 Å². The van der Waals surface area contributed by atoms with Crippen LogP contribution in [0.4, 0.5) is 34.1 Å². The third kappa shape index (κ3) is 9.56. The van der Waals surface area contributed by atoms with E-state index in [1.165, 1.54) is 210 Å². The van der Waals surface area contributed by atoms with Gasteiger partial charge in [0.15, 0.2) is 0 Å². The molecule has 22 aromatic carbocycles. The van der Waals surface area contributed by atoms with Crippen molar-refractivity contribution in [2.75, 3.05) is 9.80 Å². The molecule has 23 aromatic rings. The smallest absolute Gasteiger partial charge is 0.135 e. The van der Waals surface area contributed by atoms with E-state index in [-0.39, 0.29) is 0 Å². The molecule has 0 radical (unpaired) electrons. The number of furan rings is 1. The van der Waals surface area contributed by atoms with Crippen molar-refractivity contribution in [1.29, 1.82) is 0 Å². The fourth-order valence-electron chi connectivity index (χ4n) is 25.1. The normalized spacial score (nSPS) is 15.4. The molecule has 3 heteroatoms. The molecule has 0 bridgehead atoms. The Balaban J connectivity index is 0.537. The van der Waals surface area contributed by atoms with Crippen molar-refractivity contribution in [1.82, 2.24) is 0 Å². The summed E-state index contributed by atoms with van der Waals surface area (Å²) < 4.78 is 6.61. The summed E-state index contributed by atoms with van der Waals surface area (Å²) >= 11 is 0. The Bertz CT molecular complexity index is 8970. The first-order chi connectivity index (χ1) is 64.2. The maximum atomic E-state index is 6.61. The first-order valence-electron chi connectivity index (χ1n) is 45.6. The van der Waals surface area contributed by atoms with Gasteiger partial charge >= 0.3 is 0 Å². The van der Waals surface area contributed by atoms with Crippen LogP contribution in [0.1, 0.15) is 69.5 Å². The van der Waals surface area contributed by atoms with Crippen LogP contribution in [0, 0.1) is 0 Å². The first-order valence-corrected chi connectivity index (χ1v) is 45.6. The second-order valence-electron chi connectivity index (χ2n) is 37.1. The molecule has 0 saturated carbocycles. The number of nitrogens with zero attached hydrogens (tertiary/aromatic N) is 2. The van der Waals surface area contributed by atoms with Gasteiger partial charge in [0.25, 0.3) is 0 Å². The summed E-state index contributed by atoms with van der Waals surface area (Å²) in [5.41, 5.74) is 44.9. The summed E-state index contributed by atoms with van der Waals surface area (Å²) in [5, 5.41) is 15.0.